The average molecular weight is 256 g/mol. The second-order valence-corrected chi connectivity index (χ2v) is 3.82. The number of urea groups is 2. The van der Waals surface area contributed by atoms with Gasteiger partial charge >= 0.3 is 12.1 Å². The quantitative estimate of drug-likeness (QED) is 0.610. The molecule has 0 spiro atoms. The van der Waals surface area contributed by atoms with E-state index in [1.165, 1.54) is 14.1 Å². The van der Waals surface area contributed by atoms with E-state index >= 15 is 0 Å². The predicted molar refractivity (Wildman–Crippen MR) is 59.4 cm³/mol. The number of likely N-dealkylation sites (N-methyl/N-ethyl adjacent to an activating group) is 2. The highest BCUT2D eigenvalue weighted by molar-refractivity contribution is 6.24. The minimum atomic E-state index is -1.74. The molecule has 0 aliphatic carbocycles. The van der Waals surface area contributed by atoms with Gasteiger partial charge in [-0.3, -0.25) is 19.9 Å². The van der Waals surface area contributed by atoms with Gasteiger partial charge in [0.2, 0.25) is 0 Å². The van der Waals surface area contributed by atoms with E-state index in [-0.39, 0.29) is 12.4 Å². The molecule has 2 heterocycles. The molecule has 1 atom stereocenters. The highest BCUT2D eigenvalue weighted by atomic mass is 16.6. The molecule has 1 fully saturated rings. The van der Waals surface area contributed by atoms with Gasteiger partial charge in [-0.15, -0.1) is 0 Å². The van der Waals surface area contributed by atoms with Gasteiger partial charge in [0.15, 0.2) is 5.84 Å². The van der Waals surface area contributed by atoms with Crippen molar-refractivity contribution < 1.29 is 19.1 Å². The molecule has 9 heteroatoms. The number of carbonyl (C=O) groups excluding carboxylic acids is 3. The molecule has 5 amide bonds. The number of rotatable bonds is 2. The lowest BCUT2D eigenvalue weighted by Gasteiger charge is -2.44. The maximum atomic E-state index is 12.2. The topological polar surface area (TPSA) is 103 Å². The molecule has 2 rings (SSSR count). The Morgan fingerprint density at radius 2 is 1.94 bits per heavy atom. The Morgan fingerprint density at radius 3 is 2.56 bits per heavy atom. The standard InChI is InChI=1S/C9H13N5O4/c1-4-18-9-5(11-12-7(16)10-9)13(2)8(17)14(3)6(9)15/h4H2,1-3H3,(H2,10,12,16)/i4+1. The molecular formula is C9H13N5O4. The zero-order valence-corrected chi connectivity index (χ0v) is 10.2. The summed E-state index contributed by atoms with van der Waals surface area (Å²) < 4.78 is 5.36. The Bertz CT molecular complexity index is 462. The molecule has 9 nitrogen and oxygen atoms in total. The summed E-state index contributed by atoms with van der Waals surface area (Å²) in [5.74, 6) is -0.668. The largest absolute Gasteiger partial charge is 0.341 e. The van der Waals surface area contributed by atoms with Crippen molar-refractivity contribution in [3.63, 3.8) is 0 Å². The minimum absolute atomic E-state index is 0.0112. The molecule has 0 bridgehead atoms. The van der Waals surface area contributed by atoms with E-state index in [4.69, 9.17) is 4.74 Å². The van der Waals surface area contributed by atoms with Crippen LogP contribution in [-0.4, -0.2) is 60.0 Å². The number of hydrazone groups is 1. The maximum Gasteiger partial charge on any atom is 0.338 e. The summed E-state index contributed by atoms with van der Waals surface area (Å²) in [6, 6.07) is -1.22. The van der Waals surface area contributed by atoms with Crippen molar-refractivity contribution in [3.8, 4) is 0 Å². The first kappa shape index (κ1) is 12.3. The molecule has 2 aliphatic heterocycles. The van der Waals surface area contributed by atoms with E-state index in [1.807, 2.05) is 0 Å². The van der Waals surface area contributed by atoms with Crippen LogP contribution in [0.2, 0.25) is 0 Å². The zero-order valence-electron chi connectivity index (χ0n) is 10.2. The van der Waals surface area contributed by atoms with Gasteiger partial charge in [-0.2, -0.15) is 5.10 Å². The number of ether oxygens (including phenoxy) is 1. The number of hydrogen-bond donors (Lipinski definition) is 2. The van der Waals surface area contributed by atoms with Crippen molar-refractivity contribution in [1.29, 1.82) is 0 Å². The van der Waals surface area contributed by atoms with Crippen LogP contribution >= 0.6 is 0 Å². The van der Waals surface area contributed by atoms with Crippen LogP contribution in [0.3, 0.4) is 0 Å². The molecule has 0 aromatic rings. The number of nitrogens with zero attached hydrogens (tertiary/aromatic N) is 3. The number of amidine groups is 1. The average Bonchev–Trinajstić information content (AvgIpc) is 2.34. The van der Waals surface area contributed by atoms with E-state index in [2.05, 4.69) is 15.8 Å². The van der Waals surface area contributed by atoms with Crippen LogP contribution in [0.4, 0.5) is 9.59 Å². The number of nitrogens with one attached hydrogen (secondary N) is 2. The first-order valence-electron chi connectivity index (χ1n) is 5.30. The van der Waals surface area contributed by atoms with Gasteiger partial charge in [-0.05, 0) is 6.92 Å². The van der Waals surface area contributed by atoms with Gasteiger partial charge in [0.1, 0.15) is 0 Å². The summed E-state index contributed by atoms with van der Waals surface area (Å²) in [6.07, 6.45) is 0. The van der Waals surface area contributed by atoms with Crippen LogP contribution in [0.1, 0.15) is 6.92 Å². The van der Waals surface area contributed by atoms with Crippen molar-refractivity contribution in [2.75, 3.05) is 20.7 Å². The molecule has 0 aromatic heterocycles. The summed E-state index contributed by atoms with van der Waals surface area (Å²) in [4.78, 5) is 37.3. The second kappa shape index (κ2) is 3.95. The Balaban J connectivity index is 2.55. The Labute approximate surface area is 103 Å². The van der Waals surface area contributed by atoms with Crippen molar-refractivity contribution >= 4 is 23.8 Å². The summed E-state index contributed by atoms with van der Waals surface area (Å²) >= 11 is 0. The molecule has 1 unspecified atom stereocenters. The summed E-state index contributed by atoms with van der Waals surface area (Å²) in [6.45, 7) is 1.84. The molecule has 2 N–H and O–H groups in total. The molecule has 2 aliphatic rings. The first-order chi connectivity index (χ1) is 8.44. The second-order valence-electron chi connectivity index (χ2n) is 3.82. The van der Waals surface area contributed by atoms with Gasteiger partial charge in [-0.25, -0.2) is 15.0 Å². The summed E-state index contributed by atoms with van der Waals surface area (Å²) in [7, 11) is 2.75. The molecule has 98 valence electrons. The van der Waals surface area contributed by atoms with Crippen molar-refractivity contribution in [2.24, 2.45) is 5.10 Å². The van der Waals surface area contributed by atoms with Crippen LogP contribution in [0.25, 0.3) is 0 Å². The van der Waals surface area contributed by atoms with E-state index < -0.39 is 23.7 Å². The highest BCUT2D eigenvalue weighted by Crippen LogP contribution is 2.23. The van der Waals surface area contributed by atoms with Crippen LogP contribution in [0.15, 0.2) is 5.10 Å². The van der Waals surface area contributed by atoms with Gasteiger partial charge in [0, 0.05) is 20.7 Å². The molecule has 0 saturated carbocycles. The lowest BCUT2D eigenvalue weighted by molar-refractivity contribution is -0.151. The molecular weight excluding hydrogens is 243 g/mol. The van der Waals surface area contributed by atoms with Crippen molar-refractivity contribution in [2.45, 2.75) is 12.6 Å². The summed E-state index contributed by atoms with van der Waals surface area (Å²) in [5, 5.41) is 6.10. The van der Waals surface area contributed by atoms with Gasteiger partial charge in [-0.1, -0.05) is 0 Å². The lowest BCUT2D eigenvalue weighted by atomic mass is 10.1. The number of hydrogen-bond acceptors (Lipinski definition) is 5. The SMILES string of the molecule is C[13CH2]OC12NC(=O)NN=C1N(C)C(=O)N(C)C2=O. The number of carbonyl (C=O) groups is 3. The summed E-state index contributed by atoms with van der Waals surface area (Å²) in [5.41, 5.74) is 0.402. The number of amides is 5. The van der Waals surface area contributed by atoms with Crippen molar-refractivity contribution in [1.82, 2.24) is 20.5 Å². The Kier molecular flexibility index (Phi) is 2.70. The third-order valence-corrected chi connectivity index (χ3v) is 2.73. The fraction of sp³-hybridized carbons (Fsp3) is 0.556. The van der Waals surface area contributed by atoms with Crippen LogP contribution in [0, 0.1) is 0 Å². The lowest BCUT2D eigenvalue weighted by Crippen LogP contribution is -2.77. The minimum Gasteiger partial charge on any atom is -0.341 e. The zero-order chi connectivity index (χ0) is 13.5. The molecule has 0 radical (unpaired) electrons. The number of fused-ring (bicyclic) bond motifs is 1. The molecule has 0 aromatic carbocycles. The van der Waals surface area contributed by atoms with E-state index in [1.54, 1.807) is 6.92 Å². The van der Waals surface area contributed by atoms with E-state index in [9.17, 15) is 14.4 Å². The number of imide groups is 1. The normalized spacial score (nSPS) is 27.5. The van der Waals surface area contributed by atoms with Crippen LogP contribution < -0.4 is 10.7 Å². The Morgan fingerprint density at radius 1 is 1.28 bits per heavy atom. The van der Waals surface area contributed by atoms with Crippen molar-refractivity contribution in [3.05, 3.63) is 0 Å². The highest BCUT2D eigenvalue weighted by Gasteiger charge is 2.57. The van der Waals surface area contributed by atoms with E-state index in [0.717, 1.165) is 9.80 Å². The van der Waals surface area contributed by atoms with Gasteiger partial charge < -0.3 is 4.74 Å². The Hall–Kier alpha value is -2.16. The molecule has 18 heavy (non-hydrogen) atoms. The predicted octanol–water partition coefficient (Wildman–Crippen LogP) is -1.13. The fourth-order valence-corrected chi connectivity index (χ4v) is 1.90. The van der Waals surface area contributed by atoms with E-state index in [0.29, 0.717) is 0 Å². The van der Waals surface area contributed by atoms with Gasteiger partial charge in [0.05, 0.1) is 0 Å². The maximum absolute atomic E-state index is 12.2. The first-order valence-corrected chi connectivity index (χ1v) is 5.30. The van der Waals surface area contributed by atoms with Gasteiger partial charge in [0.25, 0.3) is 11.6 Å². The van der Waals surface area contributed by atoms with Crippen LogP contribution in [-0.2, 0) is 9.53 Å². The third kappa shape index (κ3) is 1.44. The fourth-order valence-electron chi connectivity index (χ4n) is 1.90. The third-order valence-electron chi connectivity index (χ3n) is 2.73. The molecule has 1 saturated heterocycles. The van der Waals surface area contributed by atoms with Crippen LogP contribution in [0.5, 0.6) is 0 Å². The monoisotopic (exact) mass is 256 g/mol. The smallest absolute Gasteiger partial charge is 0.338 e.